The first-order valence-corrected chi connectivity index (χ1v) is 3.33. The van der Waals surface area contributed by atoms with Crippen LogP contribution in [0.5, 0.6) is 0 Å². The van der Waals surface area contributed by atoms with Gasteiger partial charge in [-0.1, -0.05) is 13.8 Å². The van der Waals surface area contributed by atoms with Crippen LogP contribution in [0.2, 0.25) is 0 Å². The van der Waals surface area contributed by atoms with Gasteiger partial charge < -0.3 is 10.8 Å². The van der Waals surface area contributed by atoms with E-state index in [2.05, 4.69) is 0 Å². The van der Waals surface area contributed by atoms with Crippen LogP contribution in [-0.2, 0) is 0 Å². The van der Waals surface area contributed by atoms with E-state index in [9.17, 15) is 5.11 Å². The third kappa shape index (κ3) is 2.82. The lowest BCUT2D eigenvalue weighted by Gasteiger charge is -2.28. The summed E-state index contributed by atoms with van der Waals surface area (Å²) < 4.78 is 0. The molecule has 3 N–H and O–H groups in total. The van der Waals surface area contributed by atoms with E-state index >= 15 is 0 Å². The number of hydrogen-bond donors (Lipinski definition) is 2. The summed E-state index contributed by atoms with van der Waals surface area (Å²) >= 11 is 0. The Kier molecular flexibility index (Phi) is 2.65. The average Bonchev–Trinajstić information content (AvgIpc) is 1.62. The molecule has 0 unspecified atom stereocenters. The van der Waals surface area contributed by atoms with Gasteiger partial charge in [-0.25, -0.2) is 0 Å². The summed E-state index contributed by atoms with van der Waals surface area (Å²) in [5.74, 6) is 0.338. The smallest absolute Gasteiger partial charge is 0.0744 e. The van der Waals surface area contributed by atoms with Crippen molar-refractivity contribution >= 4 is 0 Å². The molecule has 2 nitrogen and oxygen atoms in total. The number of nitrogens with two attached hydrogens (primary N) is 1. The predicted molar refractivity (Wildman–Crippen MR) is 39.1 cm³/mol. The maximum Gasteiger partial charge on any atom is 0.0744 e. The van der Waals surface area contributed by atoms with E-state index in [1.54, 1.807) is 13.8 Å². The fourth-order valence-corrected chi connectivity index (χ4v) is 0.816. The van der Waals surface area contributed by atoms with E-state index in [-0.39, 0.29) is 6.04 Å². The summed E-state index contributed by atoms with van der Waals surface area (Å²) in [6.45, 7) is 7.47. The van der Waals surface area contributed by atoms with Crippen LogP contribution < -0.4 is 5.73 Å². The molecule has 0 aliphatic carbocycles. The van der Waals surface area contributed by atoms with Crippen LogP contribution in [0, 0.1) is 5.92 Å². The van der Waals surface area contributed by atoms with Crippen molar-refractivity contribution in [2.75, 3.05) is 0 Å². The molecule has 0 amide bonds. The molecule has 0 aromatic heterocycles. The maximum atomic E-state index is 9.33. The number of aliphatic hydroxyl groups is 1. The number of rotatable bonds is 2. The molecular weight excluding hydrogens is 114 g/mol. The molecule has 1 atom stereocenters. The highest BCUT2D eigenvalue weighted by atomic mass is 16.3. The van der Waals surface area contributed by atoms with Crippen LogP contribution in [0.15, 0.2) is 0 Å². The SMILES string of the molecule is CC(C)[C@H](N)C(C)(C)O. The highest BCUT2D eigenvalue weighted by molar-refractivity contribution is 4.82. The monoisotopic (exact) mass is 131 g/mol. The van der Waals surface area contributed by atoms with Gasteiger partial charge in [0.15, 0.2) is 0 Å². The van der Waals surface area contributed by atoms with Gasteiger partial charge >= 0.3 is 0 Å². The molecule has 0 aromatic rings. The third-order valence-corrected chi connectivity index (χ3v) is 1.53. The first-order chi connectivity index (χ1) is 3.85. The van der Waals surface area contributed by atoms with Crippen molar-refractivity contribution in [3.63, 3.8) is 0 Å². The summed E-state index contributed by atoms with van der Waals surface area (Å²) in [4.78, 5) is 0. The molecule has 0 saturated heterocycles. The fourth-order valence-electron chi connectivity index (χ4n) is 0.816. The normalized spacial score (nSPS) is 16.3. The van der Waals surface area contributed by atoms with Gasteiger partial charge in [-0.15, -0.1) is 0 Å². The third-order valence-electron chi connectivity index (χ3n) is 1.53. The molecule has 0 bridgehead atoms. The summed E-state index contributed by atoms with van der Waals surface area (Å²) in [5.41, 5.74) is 4.90. The number of hydrogen-bond acceptors (Lipinski definition) is 2. The van der Waals surface area contributed by atoms with E-state index in [0.717, 1.165) is 0 Å². The second kappa shape index (κ2) is 2.67. The van der Waals surface area contributed by atoms with E-state index < -0.39 is 5.60 Å². The zero-order valence-corrected chi connectivity index (χ0v) is 6.68. The van der Waals surface area contributed by atoms with Gasteiger partial charge in [-0.3, -0.25) is 0 Å². The zero-order valence-electron chi connectivity index (χ0n) is 6.68. The average molecular weight is 131 g/mol. The Morgan fingerprint density at radius 3 is 1.67 bits per heavy atom. The van der Waals surface area contributed by atoms with Crippen LogP contribution in [0.1, 0.15) is 27.7 Å². The molecular formula is C7H17NO. The van der Waals surface area contributed by atoms with E-state index in [1.165, 1.54) is 0 Å². The minimum Gasteiger partial charge on any atom is -0.389 e. The Labute approximate surface area is 57.1 Å². The summed E-state index contributed by atoms with van der Waals surface area (Å²) in [5, 5.41) is 9.33. The molecule has 0 saturated carbocycles. The van der Waals surface area contributed by atoms with Crippen molar-refractivity contribution < 1.29 is 5.11 Å². The quantitative estimate of drug-likeness (QED) is 0.580. The van der Waals surface area contributed by atoms with Crippen LogP contribution in [0.25, 0.3) is 0 Å². The molecule has 9 heavy (non-hydrogen) atoms. The minimum absolute atomic E-state index is 0.127. The summed E-state index contributed by atoms with van der Waals surface area (Å²) in [6.07, 6.45) is 0. The summed E-state index contributed by atoms with van der Waals surface area (Å²) in [7, 11) is 0. The van der Waals surface area contributed by atoms with Crippen LogP contribution in [-0.4, -0.2) is 16.7 Å². The second-order valence-corrected chi connectivity index (χ2v) is 3.42. The van der Waals surface area contributed by atoms with Crippen molar-refractivity contribution in [1.29, 1.82) is 0 Å². The molecule has 0 rings (SSSR count). The maximum absolute atomic E-state index is 9.33. The fraction of sp³-hybridized carbons (Fsp3) is 1.00. The van der Waals surface area contributed by atoms with Crippen molar-refractivity contribution in [3.05, 3.63) is 0 Å². The van der Waals surface area contributed by atoms with Gasteiger partial charge in [0.25, 0.3) is 0 Å². The summed E-state index contributed by atoms with van der Waals surface area (Å²) in [6, 6.07) is -0.127. The van der Waals surface area contributed by atoms with Gasteiger partial charge in [0.05, 0.1) is 5.60 Å². The van der Waals surface area contributed by atoms with Crippen LogP contribution in [0.3, 0.4) is 0 Å². The second-order valence-electron chi connectivity index (χ2n) is 3.42. The first-order valence-electron chi connectivity index (χ1n) is 3.33. The van der Waals surface area contributed by atoms with Gasteiger partial charge in [0, 0.05) is 6.04 Å². The van der Waals surface area contributed by atoms with Gasteiger partial charge in [-0.2, -0.15) is 0 Å². The standard InChI is InChI=1S/C7H17NO/c1-5(2)6(8)7(3,4)9/h5-6,9H,8H2,1-4H3/t6-/m0/s1. The van der Waals surface area contributed by atoms with E-state index in [0.29, 0.717) is 5.92 Å². The van der Waals surface area contributed by atoms with E-state index in [1.807, 2.05) is 13.8 Å². The van der Waals surface area contributed by atoms with Crippen molar-refractivity contribution in [3.8, 4) is 0 Å². The van der Waals surface area contributed by atoms with Gasteiger partial charge in [-0.05, 0) is 19.8 Å². The minimum atomic E-state index is -0.742. The first kappa shape index (κ1) is 8.92. The molecule has 2 heteroatoms. The Morgan fingerprint density at radius 2 is 1.67 bits per heavy atom. The Balaban J connectivity index is 3.88. The lowest BCUT2D eigenvalue weighted by atomic mass is 9.90. The van der Waals surface area contributed by atoms with Crippen molar-refractivity contribution in [2.45, 2.75) is 39.3 Å². The largest absolute Gasteiger partial charge is 0.389 e. The lowest BCUT2D eigenvalue weighted by Crippen LogP contribution is -2.46. The van der Waals surface area contributed by atoms with Gasteiger partial charge in [0.2, 0.25) is 0 Å². The highest BCUT2D eigenvalue weighted by Crippen LogP contribution is 2.13. The topological polar surface area (TPSA) is 46.2 Å². The molecule has 56 valence electrons. The molecule has 0 heterocycles. The van der Waals surface area contributed by atoms with Crippen LogP contribution >= 0.6 is 0 Å². The molecule has 0 radical (unpaired) electrons. The van der Waals surface area contributed by atoms with Crippen molar-refractivity contribution in [1.82, 2.24) is 0 Å². The molecule has 0 aliphatic rings. The van der Waals surface area contributed by atoms with E-state index in [4.69, 9.17) is 5.73 Å². The predicted octanol–water partition coefficient (Wildman–Crippen LogP) is 0.741. The Hall–Kier alpha value is -0.0800. The highest BCUT2D eigenvalue weighted by Gasteiger charge is 2.24. The zero-order chi connectivity index (χ0) is 7.65. The van der Waals surface area contributed by atoms with Crippen LogP contribution in [0.4, 0.5) is 0 Å². The Bertz CT molecular complexity index is 83.4. The molecule has 0 spiro atoms. The Morgan fingerprint density at radius 1 is 1.33 bits per heavy atom. The van der Waals surface area contributed by atoms with Gasteiger partial charge in [0.1, 0.15) is 0 Å². The molecule has 0 fully saturated rings. The lowest BCUT2D eigenvalue weighted by molar-refractivity contribution is 0.0362. The molecule has 0 aromatic carbocycles. The van der Waals surface area contributed by atoms with Crippen molar-refractivity contribution in [2.24, 2.45) is 11.7 Å². The molecule has 0 aliphatic heterocycles.